The number of rotatable bonds is 14. The van der Waals surface area contributed by atoms with E-state index in [9.17, 15) is 14.4 Å². The molecular weight excluding hydrogens is 874 g/mol. The van der Waals surface area contributed by atoms with Gasteiger partial charge in [0.2, 0.25) is 5.91 Å². The number of carbonyl (C=O) groups excluding carboxylic acids is 3. The zero-order valence-corrected chi connectivity index (χ0v) is 40.8. The molecule has 0 unspecified atom stereocenters. The van der Waals surface area contributed by atoms with Crippen LogP contribution in [0.25, 0.3) is 22.3 Å². The number of esters is 1. The molecule has 2 heterocycles. The predicted octanol–water partition coefficient (Wildman–Crippen LogP) is 11.9. The number of nitrogens with one attached hydrogen (secondary N) is 2. The molecule has 11 heteroatoms. The lowest BCUT2D eigenvalue weighted by Gasteiger charge is -2.27. The molecule has 2 aliphatic heterocycles. The lowest BCUT2D eigenvalue weighted by Crippen LogP contribution is -2.50. The third kappa shape index (κ3) is 14.9. The quantitative estimate of drug-likeness (QED) is 0.104. The van der Waals surface area contributed by atoms with Gasteiger partial charge in [-0.25, -0.2) is 4.79 Å². The maximum atomic E-state index is 13.8. The molecule has 0 radical (unpaired) electrons. The summed E-state index contributed by atoms with van der Waals surface area (Å²) in [5, 5.41) is 5.99. The Balaban J connectivity index is 0.000000256. The third-order valence-electron chi connectivity index (χ3n) is 11.2. The van der Waals surface area contributed by atoms with Gasteiger partial charge in [-0.15, -0.1) is 12.4 Å². The Morgan fingerprint density at radius 1 is 0.603 bits per heavy atom. The van der Waals surface area contributed by atoms with Gasteiger partial charge in [0.25, 0.3) is 0 Å². The minimum absolute atomic E-state index is 0. The van der Waals surface area contributed by atoms with Gasteiger partial charge in [-0.2, -0.15) is 0 Å². The second kappa shape index (κ2) is 23.3. The smallest absolute Gasteiger partial charge is 0.408 e. The van der Waals surface area contributed by atoms with E-state index in [1.54, 1.807) is 46.4 Å². The van der Waals surface area contributed by atoms with Crippen molar-refractivity contribution in [2.24, 2.45) is 0 Å². The fourth-order valence-electron chi connectivity index (χ4n) is 7.99. The van der Waals surface area contributed by atoms with Crippen LogP contribution in [-0.2, 0) is 44.7 Å². The number of alkyl carbamates (subject to hydrolysis) is 1. The lowest BCUT2D eigenvalue weighted by atomic mass is 10.0. The number of carbonyl (C=O) groups is 3. The normalized spacial score (nSPS) is 13.0. The van der Waals surface area contributed by atoms with Crippen LogP contribution < -0.4 is 25.0 Å². The molecule has 8 rings (SSSR count). The summed E-state index contributed by atoms with van der Waals surface area (Å²) in [6.07, 6.45) is 2.32. The highest BCUT2D eigenvalue weighted by atomic mass is 35.5. The van der Waals surface area contributed by atoms with Crippen LogP contribution in [0.15, 0.2) is 146 Å². The highest BCUT2D eigenvalue weighted by Gasteiger charge is 2.35. The van der Waals surface area contributed by atoms with E-state index in [-0.39, 0.29) is 18.8 Å². The summed E-state index contributed by atoms with van der Waals surface area (Å²) in [5.74, 6) is 0.591. The van der Waals surface area contributed by atoms with Crippen LogP contribution in [0.4, 0.5) is 16.2 Å². The van der Waals surface area contributed by atoms with Crippen molar-refractivity contribution in [1.82, 2.24) is 5.32 Å². The van der Waals surface area contributed by atoms with Crippen LogP contribution in [0.5, 0.6) is 11.5 Å². The monoisotopic (exact) mass is 937 g/mol. The largest absolute Gasteiger partial charge is 0.493 e. The number of amides is 2. The Kier molecular flexibility index (Phi) is 17.3. The van der Waals surface area contributed by atoms with Crippen LogP contribution in [0, 0.1) is 0 Å². The highest BCUT2D eigenvalue weighted by Crippen LogP contribution is 2.33. The van der Waals surface area contributed by atoms with Crippen molar-refractivity contribution in [2.75, 3.05) is 36.5 Å². The lowest BCUT2D eigenvalue weighted by molar-refractivity contribution is -0.156. The molecule has 10 nitrogen and oxygen atoms in total. The van der Waals surface area contributed by atoms with E-state index in [0.717, 1.165) is 42.7 Å². The molecule has 6 aromatic rings. The Labute approximate surface area is 407 Å². The minimum atomic E-state index is -1.15. The summed E-state index contributed by atoms with van der Waals surface area (Å²) in [6, 6.07) is 48.8. The average Bonchev–Trinajstić information content (AvgIpc) is 3.96. The fourth-order valence-corrected chi connectivity index (χ4v) is 7.99. The van der Waals surface area contributed by atoms with E-state index < -0.39 is 35.2 Å². The molecular formula is C57H64ClN3O7. The number of anilines is 2. The molecule has 0 spiro atoms. The van der Waals surface area contributed by atoms with Gasteiger partial charge < -0.3 is 34.5 Å². The van der Waals surface area contributed by atoms with Gasteiger partial charge in [0, 0.05) is 43.8 Å². The molecule has 356 valence electrons. The van der Waals surface area contributed by atoms with E-state index in [1.807, 2.05) is 42.5 Å². The molecule has 68 heavy (non-hydrogen) atoms. The Morgan fingerprint density at radius 3 is 1.63 bits per heavy atom. The maximum Gasteiger partial charge on any atom is 0.408 e. The van der Waals surface area contributed by atoms with E-state index in [0.29, 0.717) is 37.6 Å². The van der Waals surface area contributed by atoms with E-state index in [4.69, 9.17) is 18.9 Å². The van der Waals surface area contributed by atoms with Crippen molar-refractivity contribution in [1.29, 1.82) is 0 Å². The van der Waals surface area contributed by atoms with E-state index >= 15 is 0 Å². The van der Waals surface area contributed by atoms with Crippen molar-refractivity contribution in [3.63, 3.8) is 0 Å². The molecule has 2 N–H and O–H groups in total. The van der Waals surface area contributed by atoms with Crippen molar-refractivity contribution < 1.29 is 33.3 Å². The van der Waals surface area contributed by atoms with Gasteiger partial charge in [-0.1, -0.05) is 121 Å². The zero-order chi connectivity index (χ0) is 47.4. The first kappa shape index (κ1) is 50.6. The summed E-state index contributed by atoms with van der Waals surface area (Å²) >= 11 is 0. The predicted molar refractivity (Wildman–Crippen MR) is 274 cm³/mol. The Morgan fingerprint density at radius 2 is 1.10 bits per heavy atom. The van der Waals surface area contributed by atoms with Crippen molar-refractivity contribution in [3.05, 3.63) is 168 Å². The first-order chi connectivity index (χ1) is 32.2. The first-order valence-corrected chi connectivity index (χ1v) is 23.2. The summed E-state index contributed by atoms with van der Waals surface area (Å²) in [5.41, 5.74) is 10.1. The maximum absolute atomic E-state index is 13.8. The number of benzene rings is 6. The Hall–Kier alpha value is -6.78. The van der Waals surface area contributed by atoms with Crippen LogP contribution in [0.1, 0.15) is 70.2 Å². The van der Waals surface area contributed by atoms with Crippen LogP contribution >= 0.6 is 12.4 Å². The molecule has 0 saturated heterocycles. The van der Waals surface area contributed by atoms with Gasteiger partial charge in [0.15, 0.2) is 0 Å². The second-order valence-electron chi connectivity index (χ2n) is 18.8. The van der Waals surface area contributed by atoms with Gasteiger partial charge >= 0.3 is 12.1 Å². The molecule has 6 aromatic carbocycles. The summed E-state index contributed by atoms with van der Waals surface area (Å²) in [6.45, 7) is 13.1. The van der Waals surface area contributed by atoms with Crippen LogP contribution in [0.2, 0.25) is 0 Å². The SMILES string of the molecule is CC(C)(C)OC(=O)C[C@H](NC(=O)OC(C)(C)C)C(=O)N1CCc2ccc(OCCc3ccc(-c4ccccc4)cc3)cc21.Cl.c1ccc(-c2ccc(CCOc3ccc4c(c3)NCC4)cc2)cc1. The number of nitrogens with zero attached hydrogens (tertiary/aromatic N) is 1. The zero-order valence-electron chi connectivity index (χ0n) is 40.0. The topological polar surface area (TPSA) is 115 Å². The third-order valence-corrected chi connectivity index (χ3v) is 11.2. The van der Waals surface area contributed by atoms with E-state index in [1.165, 1.54) is 39.1 Å². The fraction of sp³-hybridized carbons (Fsp3) is 0.316. The van der Waals surface area contributed by atoms with Crippen molar-refractivity contribution in [2.45, 2.75) is 90.9 Å². The van der Waals surface area contributed by atoms with Crippen LogP contribution in [-0.4, -0.2) is 61.5 Å². The second-order valence-corrected chi connectivity index (χ2v) is 18.8. The molecule has 2 aliphatic rings. The summed E-state index contributed by atoms with van der Waals surface area (Å²) in [7, 11) is 0. The molecule has 0 aliphatic carbocycles. The number of halogens is 1. The number of hydrogen-bond donors (Lipinski definition) is 2. The molecule has 0 bridgehead atoms. The van der Waals surface area contributed by atoms with Gasteiger partial charge in [-0.3, -0.25) is 9.59 Å². The Bertz CT molecular complexity index is 2560. The summed E-state index contributed by atoms with van der Waals surface area (Å²) < 4.78 is 22.8. The number of fused-ring (bicyclic) bond motifs is 2. The summed E-state index contributed by atoms with van der Waals surface area (Å²) in [4.78, 5) is 40.6. The van der Waals surface area contributed by atoms with Gasteiger partial charge in [0.05, 0.1) is 25.3 Å². The van der Waals surface area contributed by atoms with Crippen molar-refractivity contribution in [3.8, 4) is 33.8 Å². The van der Waals surface area contributed by atoms with E-state index in [2.05, 4.69) is 114 Å². The molecule has 0 fully saturated rings. The van der Waals surface area contributed by atoms with Crippen LogP contribution in [0.3, 0.4) is 0 Å². The molecule has 2 amide bonds. The standard InChI is InChI=1S/C35H42N2O6.C22H21NO.ClH/c1-34(2,3)42-31(38)23-29(36-33(40)43-35(4,5)6)32(39)37-20-18-27-16-17-28(22-30(27)37)41-21-19-24-12-14-26(15-13-24)25-10-8-7-9-11-25;1-2-4-18(5-3-1)19-8-6-17(7-9-19)13-15-24-21-11-10-20-12-14-23-22(20)16-21;/h7-17,22,29H,18-21,23H2,1-6H3,(H,36,40);1-11,16,23H,12-15H2;1H/t29-;;/m0../s1. The average molecular weight is 939 g/mol. The highest BCUT2D eigenvalue weighted by molar-refractivity contribution is 6.02. The van der Waals surface area contributed by atoms with Gasteiger partial charge in [-0.05, 0) is 111 Å². The van der Waals surface area contributed by atoms with Crippen molar-refractivity contribution >= 4 is 41.8 Å². The number of ether oxygens (including phenoxy) is 4. The molecule has 1 atom stereocenters. The molecule has 0 saturated carbocycles. The molecule has 0 aromatic heterocycles. The number of hydrogen-bond acceptors (Lipinski definition) is 8. The van der Waals surface area contributed by atoms with Gasteiger partial charge in [0.1, 0.15) is 28.7 Å². The first-order valence-electron chi connectivity index (χ1n) is 23.2. The minimum Gasteiger partial charge on any atom is -0.493 e.